The van der Waals surface area contributed by atoms with Gasteiger partial charge in [-0.05, 0) is 43.2 Å². The molecule has 0 fully saturated rings. The smallest absolute Gasteiger partial charge is 0.289 e. The van der Waals surface area contributed by atoms with Crippen LogP contribution < -0.4 is 0 Å². The number of hydrogen-bond acceptors (Lipinski definition) is 1. The molecule has 0 radical (unpaired) electrons. The Morgan fingerprint density at radius 1 is 1.00 bits per heavy atom. The third-order valence-electron chi connectivity index (χ3n) is 3.34. The number of halogens is 3. The molecule has 0 amide bonds. The lowest BCUT2D eigenvalue weighted by Gasteiger charge is -2.06. The van der Waals surface area contributed by atoms with Crippen molar-refractivity contribution in [2.45, 2.75) is 20.0 Å². The summed E-state index contributed by atoms with van der Waals surface area (Å²) in [5, 5.41) is 0. The van der Waals surface area contributed by atoms with Gasteiger partial charge >= 0.3 is 6.18 Å². The number of aryl methyl sites for hydroxylation is 2. The van der Waals surface area contributed by atoms with E-state index in [0.29, 0.717) is 0 Å². The van der Waals surface area contributed by atoms with Gasteiger partial charge in [0.15, 0.2) is 5.78 Å². The molecule has 0 saturated heterocycles. The standard InChI is InChI=1S/C18H15F3O/c1-12-3-4-14(13(2)11-12)7-10-17(22)15-5-8-16(9-6-15)18(19,20)21/h3-11H,1-2H3/b10-7+. The Bertz CT molecular complexity index is 710. The summed E-state index contributed by atoms with van der Waals surface area (Å²) in [6, 6.07) is 10.1. The molecule has 0 bridgehead atoms. The molecule has 4 heteroatoms. The van der Waals surface area contributed by atoms with Crippen molar-refractivity contribution in [3.8, 4) is 0 Å². The van der Waals surface area contributed by atoms with E-state index in [9.17, 15) is 18.0 Å². The molecular weight excluding hydrogens is 289 g/mol. The highest BCUT2D eigenvalue weighted by molar-refractivity contribution is 6.06. The zero-order valence-corrected chi connectivity index (χ0v) is 12.2. The molecule has 0 aliphatic carbocycles. The van der Waals surface area contributed by atoms with Gasteiger partial charge in [-0.25, -0.2) is 0 Å². The number of alkyl halides is 3. The largest absolute Gasteiger partial charge is 0.416 e. The zero-order chi connectivity index (χ0) is 16.3. The van der Waals surface area contributed by atoms with Crippen molar-refractivity contribution in [3.63, 3.8) is 0 Å². The summed E-state index contributed by atoms with van der Waals surface area (Å²) in [7, 11) is 0. The van der Waals surface area contributed by atoms with E-state index in [1.165, 1.54) is 18.2 Å². The van der Waals surface area contributed by atoms with Gasteiger partial charge in [0.05, 0.1) is 5.56 Å². The molecule has 0 spiro atoms. The van der Waals surface area contributed by atoms with Crippen molar-refractivity contribution in [3.05, 3.63) is 76.4 Å². The molecule has 0 atom stereocenters. The molecule has 0 aromatic heterocycles. The van der Waals surface area contributed by atoms with Crippen molar-refractivity contribution in [2.75, 3.05) is 0 Å². The molecule has 1 nitrogen and oxygen atoms in total. The van der Waals surface area contributed by atoms with Crippen molar-refractivity contribution < 1.29 is 18.0 Å². The van der Waals surface area contributed by atoms with Gasteiger partial charge in [-0.2, -0.15) is 13.2 Å². The Kier molecular flexibility index (Phi) is 4.50. The molecule has 0 saturated carbocycles. The minimum absolute atomic E-state index is 0.231. The van der Waals surface area contributed by atoms with Crippen LogP contribution >= 0.6 is 0 Å². The van der Waals surface area contributed by atoms with Crippen LogP contribution in [-0.4, -0.2) is 5.78 Å². The van der Waals surface area contributed by atoms with E-state index in [4.69, 9.17) is 0 Å². The molecule has 0 N–H and O–H groups in total. The summed E-state index contributed by atoms with van der Waals surface area (Å²) in [6.07, 6.45) is -1.34. The number of hydrogen-bond donors (Lipinski definition) is 0. The number of carbonyl (C=O) groups is 1. The highest BCUT2D eigenvalue weighted by Gasteiger charge is 2.30. The fourth-order valence-corrected chi connectivity index (χ4v) is 2.10. The molecule has 2 aromatic carbocycles. The van der Waals surface area contributed by atoms with Crippen molar-refractivity contribution in [1.82, 2.24) is 0 Å². The summed E-state index contributed by atoms with van der Waals surface area (Å²) in [5.74, 6) is -0.325. The molecule has 2 aromatic rings. The number of rotatable bonds is 3. The maximum atomic E-state index is 12.5. The first-order chi connectivity index (χ1) is 10.3. The van der Waals surface area contributed by atoms with Gasteiger partial charge in [0, 0.05) is 5.56 Å². The summed E-state index contributed by atoms with van der Waals surface area (Å²) < 4.78 is 37.4. The third kappa shape index (κ3) is 3.85. The second-order valence-corrected chi connectivity index (χ2v) is 5.13. The average molecular weight is 304 g/mol. The van der Waals surface area contributed by atoms with Crippen LogP contribution in [0.3, 0.4) is 0 Å². The maximum Gasteiger partial charge on any atom is 0.416 e. The summed E-state index contributed by atoms with van der Waals surface area (Å²) in [4.78, 5) is 12.0. The highest BCUT2D eigenvalue weighted by Crippen LogP contribution is 2.29. The summed E-state index contributed by atoms with van der Waals surface area (Å²) in [6.45, 7) is 3.92. The van der Waals surface area contributed by atoms with Gasteiger partial charge in [-0.15, -0.1) is 0 Å². The lowest BCUT2D eigenvalue weighted by Crippen LogP contribution is -2.05. The Morgan fingerprint density at radius 2 is 1.64 bits per heavy atom. The van der Waals surface area contributed by atoms with Gasteiger partial charge in [-0.1, -0.05) is 42.0 Å². The minimum Gasteiger partial charge on any atom is -0.289 e. The molecule has 0 aliphatic rings. The fourth-order valence-electron chi connectivity index (χ4n) is 2.10. The van der Waals surface area contributed by atoms with Crippen LogP contribution in [0.1, 0.15) is 32.6 Å². The molecule has 0 heterocycles. The van der Waals surface area contributed by atoms with Crippen molar-refractivity contribution in [2.24, 2.45) is 0 Å². The van der Waals surface area contributed by atoms with Crippen LogP contribution in [0.25, 0.3) is 6.08 Å². The van der Waals surface area contributed by atoms with E-state index in [0.717, 1.165) is 28.8 Å². The first-order valence-electron chi connectivity index (χ1n) is 6.74. The molecule has 22 heavy (non-hydrogen) atoms. The van der Waals surface area contributed by atoms with Crippen molar-refractivity contribution >= 4 is 11.9 Å². The minimum atomic E-state index is -4.39. The normalized spacial score (nSPS) is 11.9. The molecule has 0 unspecified atom stereocenters. The zero-order valence-electron chi connectivity index (χ0n) is 12.2. The van der Waals surface area contributed by atoms with Crippen LogP contribution in [-0.2, 0) is 6.18 Å². The lowest BCUT2D eigenvalue weighted by molar-refractivity contribution is -0.137. The molecule has 2 rings (SSSR count). The molecule has 0 aliphatic heterocycles. The van der Waals surface area contributed by atoms with Crippen LogP contribution in [0, 0.1) is 13.8 Å². The number of benzene rings is 2. The average Bonchev–Trinajstić information content (AvgIpc) is 2.45. The number of carbonyl (C=O) groups excluding carboxylic acids is 1. The first-order valence-corrected chi connectivity index (χ1v) is 6.74. The Balaban J connectivity index is 2.16. The van der Waals surface area contributed by atoms with E-state index < -0.39 is 11.7 Å². The van der Waals surface area contributed by atoms with Crippen LogP contribution in [0.5, 0.6) is 0 Å². The monoisotopic (exact) mass is 304 g/mol. The Hall–Kier alpha value is -2.36. The van der Waals surface area contributed by atoms with E-state index in [1.807, 2.05) is 32.0 Å². The topological polar surface area (TPSA) is 17.1 Å². The number of ketones is 1. The molecular formula is C18H15F3O. The van der Waals surface area contributed by atoms with E-state index in [1.54, 1.807) is 6.08 Å². The predicted octanol–water partition coefficient (Wildman–Crippen LogP) is 5.22. The van der Waals surface area contributed by atoms with Gasteiger partial charge < -0.3 is 0 Å². The van der Waals surface area contributed by atoms with Gasteiger partial charge in [-0.3, -0.25) is 4.79 Å². The van der Waals surface area contributed by atoms with Gasteiger partial charge in [0.2, 0.25) is 0 Å². The maximum absolute atomic E-state index is 12.5. The quantitative estimate of drug-likeness (QED) is 0.561. The van der Waals surface area contributed by atoms with Crippen molar-refractivity contribution in [1.29, 1.82) is 0 Å². The summed E-state index contributed by atoms with van der Waals surface area (Å²) in [5.41, 5.74) is 2.54. The predicted molar refractivity (Wildman–Crippen MR) is 80.7 cm³/mol. The lowest BCUT2D eigenvalue weighted by atomic mass is 10.0. The van der Waals surface area contributed by atoms with Crippen LogP contribution in [0.15, 0.2) is 48.5 Å². The van der Waals surface area contributed by atoms with E-state index >= 15 is 0 Å². The second-order valence-electron chi connectivity index (χ2n) is 5.13. The first kappa shape index (κ1) is 16.0. The SMILES string of the molecule is Cc1ccc(/C=C/C(=O)c2ccc(C(F)(F)F)cc2)c(C)c1. The van der Waals surface area contributed by atoms with E-state index in [-0.39, 0.29) is 11.3 Å². The van der Waals surface area contributed by atoms with Crippen LogP contribution in [0.4, 0.5) is 13.2 Å². The fraction of sp³-hybridized carbons (Fsp3) is 0.167. The number of allylic oxidation sites excluding steroid dienone is 1. The van der Waals surface area contributed by atoms with Gasteiger partial charge in [0.25, 0.3) is 0 Å². The Morgan fingerprint density at radius 3 is 2.18 bits per heavy atom. The Labute approximate surface area is 127 Å². The third-order valence-corrected chi connectivity index (χ3v) is 3.34. The van der Waals surface area contributed by atoms with Gasteiger partial charge in [0.1, 0.15) is 0 Å². The summed E-state index contributed by atoms with van der Waals surface area (Å²) >= 11 is 0. The second kappa shape index (κ2) is 6.18. The van der Waals surface area contributed by atoms with Crippen LogP contribution in [0.2, 0.25) is 0 Å². The van der Waals surface area contributed by atoms with E-state index in [2.05, 4.69) is 0 Å². The molecule has 114 valence electrons. The highest BCUT2D eigenvalue weighted by atomic mass is 19.4.